The quantitative estimate of drug-likeness (QED) is 0.769. The smallest absolute Gasteiger partial charge is 0.0238 e. The Morgan fingerprint density at radius 2 is 2.00 bits per heavy atom. The lowest BCUT2D eigenvalue weighted by molar-refractivity contribution is 0.389. The van der Waals surface area contributed by atoms with E-state index >= 15 is 0 Å². The lowest BCUT2D eigenvalue weighted by Gasteiger charge is -2.21. The standard InChI is InChI=1S/C16H24ClN/c1-12(2)16(8-9-17)18-11-13-6-7-14-4-3-5-15(14)10-13/h6-7,10,12,16,18H,3-5,8-9,11H2,1-2H3. The van der Waals surface area contributed by atoms with Gasteiger partial charge in [-0.25, -0.2) is 0 Å². The van der Waals surface area contributed by atoms with Gasteiger partial charge in [0, 0.05) is 18.5 Å². The Bertz CT molecular complexity index is 387. The Morgan fingerprint density at radius 3 is 2.72 bits per heavy atom. The number of hydrogen-bond donors (Lipinski definition) is 1. The highest BCUT2D eigenvalue weighted by atomic mass is 35.5. The molecule has 100 valence electrons. The number of halogens is 1. The van der Waals surface area contributed by atoms with Crippen molar-refractivity contribution >= 4 is 11.6 Å². The number of alkyl halides is 1. The van der Waals surface area contributed by atoms with Crippen LogP contribution in [0.5, 0.6) is 0 Å². The first-order chi connectivity index (χ1) is 8.70. The van der Waals surface area contributed by atoms with Gasteiger partial charge >= 0.3 is 0 Å². The summed E-state index contributed by atoms with van der Waals surface area (Å²) in [7, 11) is 0. The van der Waals surface area contributed by atoms with Crippen molar-refractivity contribution in [2.24, 2.45) is 5.92 Å². The summed E-state index contributed by atoms with van der Waals surface area (Å²) in [5.41, 5.74) is 4.53. The van der Waals surface area contributed by atoms with Crippen LogP contribution in [0.25, 0.3) is 0 Å². The van der Waals surface area contributed by atoms with Crippen molar-refractivity contribution < 1.29 is 0 Å². The molecule has 0 heterocycles. The lowest BCUT2D eigenvalue weighted by atomic mass is 10.0. The molecule has 0 fully saturated rings. The maximum Gasteiger partial charge on any atom is 0.0238 e. The van der Waals surface area contributed by atoms with Crippen LogP contribution in [0.1, 0.15) is 43.4 Å². The molecular weight excluding hydrogens is 242 g/mol. The van der Waals surface area contributed by atoms with Gasteiger partial charge in [-0.3, -0.25) is 0 Å². The van der Waals surface area contributed by atoms with Gasteiger partial charge in [0.15, 0.2) is 0 Å². The summed E-state index contributed by atoms with van der Waals surface area (Å²) in [6.07, 6.45) is 4.90. The highest BCUT2D eigenvalue weighted by molar-refractivity contribution is 6.17. The Labute approximate surface area is 116 Å². The summed E-state index contributed by atoms with van der Waals surface area (Å²) in [6.45, 7) is 5.48. The van der Waals surface area contributed by atoms with E-state index in [9.17, 15) is 0 Å². The van der Waals surface area contributed by atoms with Gasteiger partial charge in [-0.05, 0) is 48.3 Å². The molecule has 1 N–H and O–H groups in total. The fourth-order valence-corrected chi connectivity index (χ4v) is 3.01. The summed E-state index contributed by atoms with van der Waals surface area (Å²) < 4.78 is 0. The Morgan fingerprint density at radius 1 is 1.22 bits per heavy atom. The van der Waals surface area contributed by atoms with Crippen molar-refractivity contribution in [3.8, 4) is 0 Å². The number of rotatable bonds is 6. The van der Waals surface area contributed by atoms with E-state index in [1.54, 1.807) is 11.1 Å². The summed E-state index contributed by atoms with van der Waals surface area (Å²) in [5.74, 6) is 1.37. The molecular formula is C16H24ClN. The van der Waals surface area contributed by atoms with E-state index in [-0.39, 0.29) is 0 Å². The van der Waals surface area contributed by atoms with Crippen molar-refractivity contribution in [2.45, 2.75) is 52.1 Å². The summed E-state index contributed by atoms with van der Waals surface area (Å²) in [4.78, 5) is 0. The molecule has 1 nitrogen and oxygen atoms in total. The van der Waals surface area contributed by atoms with E-state index in [0.29, 0.717) is 12.0 Å². The topological polar surface area (TPSA) is 12.0 Å². The van der Waals surface area contributed by atoms with Crippen LogP contribution in [0.4, 0.5) is 0 Å². The van der Waals surface area contributed by atoms with Gasteiger partial charge in [0.1, 0.15) is 0 Å². The summed E-state index contributed by atoms with van der Waals surface area (Å²) in [6, 6.07) is 7.49. The van der Waals surface area contributed by atoms with Crippen molar-refractivity contribution in [2.75, 3.05) is 5.88 Å². The molecule has 0 amide bonds. The first-order valence-electron chi connectivity index (χ1n) is 7.10. The van der Waals surface area contributed by atoms with E-state index < -0.39 is 0 Å². The fraction of sp³-hybridized carbons (Fsp3) is 0.625. The number of fused-ring (bicyclic) bond motifs is 1. The summed E-state index contributed by atoms with van der Waals surface area (Å²) in [5, 5.41) is 3.64. The van der Waals surface area contributed by atoms with Gasteiger partial charge in [0.05, 0.1) is 0 Å². The maximum atomic E-state index is 5.86. The Balaban J connectivity index is 1.93. The van der Waals surface area contributed by atoms with Crippen LogP contribution >= 0.6 is 11.6 Å². The van der Waals surface area contributed by atoms with Crippen LogP contribution in [-0.2, 0) is 19.4 Å². The number of hydrogen-bond acceptors (Lipinski definition) is 1. The predicted molar refractivity (Wildman–Crippen MR) is 79.3 cm³/mol. The molecule has 1 aromatic rings. The minimum atomic E-state index is 0.524. The highest BCUT2D eigenvalue weighted by Crippen LogP contribution is 2.23. The molecule has 0 saturated carbocycles. The van der Waals surface area contributed by atoms with E-state index in [2.05, 4.69) is 37.4 Å². The third kappa shape index (κ3) is 3.49. The van der Waals surface area contributed by atoms with Gasteiger partial charge in [0.2, 0.25) is 0 Å². The predicted octanol–water partition coefficient (Wildman–Crippen LogP) is 3.92. The molecule has 18 heavy (non-hydrogen) atoms. The maximum absolute atomic E-state index is 5.86. The molecule has 1 aliphatic carbocycles. The van der Waals surface area contributed by atoms with Gasteiger partial charge in [-0.2, -0.15) is 0 Å². The molecule has 0 aromatic heterocycles. The second-order valence-electron chi connectivity index (χ2n) is 5.67. The molecule has 0 saturated heterocycles. The highest BCUT2D eigenvalue weighted by Gasteiger charge is 2.13. The molecule has 2 heteroatoms. The Kier molecular flexibility index (Phi) is 5.08. The zero-order valence-electron chi connectivity index (χ0n) is 11.5. The van der Waals surface area contributed by atoms with Crippen LogP contribution in [0.15, 0.2) is 18.2 Å². The minimum Gasteiger partial charge on any atom is -0.310 e. The van der Waals surface area contributed by atoms with Crippen LogP contribution < -0.4 is 5.32 Å². The van der Waals surface area contributed by atoms with Crippen LogP contribution in [-0.4, -0.2) is 11.9 Å². The molecule has 1 aromatic carbocycles. The fourth-order valence-electron chi connectivity index (χ4n) is 2.77. The third-order valence-corrected chi connectivity index (χ3v) is 4.17. The average molecular weight is 266 g/mol. The first kappa shape index (κ1) is 13.9. The molecule has 2 rings (SSSR count). The van der Waals surface area contributed by atoms with Crippen LogP contribution in [0.2, 0.25) is 0 Å². The van der Waals surface area contributed by atoms with E-state index in [0.717, 1.165) is 18.8 Å². The van der Waals surface area contributed by atoms with Gasteiger partial charge < -0.3 is 5.32 Å². The normalized spacial score (nSPS) is 16.0. The van der Waals surface area contributed by atoms with E-state index in [1.807, 2.05) is 0 Å². The van der Waals surface area contributed by atoms with Crippen LogP contribution in [0, 0.1) is 5.92 Å². The minimum absolute atomic E-state index is 0.524. The zero-order chi connectivity index (χ0) is 13.0. The van der Waals surface area contributed by atoms with Gasteiger partial charge in [0.25, 0.3) is 0 Å². The van der Waals surface area contributed by atoms with Gasteiger partial charge in [-0.15, -0.1) is 11.6 Å². The molecule has 1 atom stereocenters. The zero-order valence-corrected chi connectivity index (χ0v) is 12.3. The summed E-state index contributed by atoms with van der Waals surface area (Å²) >= 11 is 5.86. The van der Waals surface area contributed by atoms with E-state index in [1.165, 1.54) is 24.8 Å². The third-order valence-electron chi connectivity index (χ3n) is 3.96. The van der Waals surface area contributed by atoms with Crippen LogP contribution in [0.3, 0.4) is 0 Å². The average Bonchev–Trinajstić information content (AvgIpc) is 2.81. The molecule has 0 aliphatic heterocycles. The molecule has 0 spiro atoms. The van der Waals surface area contributed by atoms with Crippen molar-refractivity contribution in [3.63, 3.8) is 0 Å². The van der Waals surface area contributed by atoms with Crippen molar-refractivity contribution in [3.05, 3.63) is 34.9 Å². The largest absolute Gasteiger partial charge is 0.310 e. The first-order valence-corrected chi connectivity index (χ1v) is 7.64. The molecule has 1 unspecified atom stereocenters. The van der Waals surface area contributed by atoms with Crippen molar-refractivity contribution in [1.29, 1.82) is 0 Å². The molecule has 0 bridgehead atoms. The number of aryl methyl sites for hydroxylation is 2. The monoisotopic (exact) mass is 265 g/mol. The molecule has 0 radical (unpaired) electrons. The second kappa shape index (κ2) is 6.58. The number of benzene rings is 1. The van der Waals surface area contributed by atoms with Crippen molar-refractivity contribution in [1.82, 2.24) is 5.32 Å². The Hall–Kier alpha value is -0.530. The lowest BCUT2D eigenvalue weighted by Crippen LogP contribution is -2.33. The second-order valence-corrected chi connectivity index (χ2v) is 6.04. The SMILES string of the molecule is CC(C)C(CCCl)NCc1ccc2c(c1)CCC2. The van der Waals surface area contributed by atoms with E-state index in [4.69, 9.17) is 11.6 Å². The molecule has 1 aliphatic rings. The van der Waals surface area contributed by atoms with Gasteiger partial charge in [-0.1, -0.05) is 32.0 Å². The number of nitrogens with one attached hydrogen (secondary N) is 1.